The summed E-state index contributed by atoms with van der Waals surface area (Å²) in [5.74, 6) is -1.65. The molecule has 1 aromatic heterocycles. The summed E-state index contributed by atoms with van der Waals surface area (Å²) in [5.41, 5.74) is 1.41. The standard InChI is InChI=1S/C13H13N3O3/c1-8-7-10(16-15-8)12(17)14-11(13(18)19)9-5-3-2-4-6-9/h2-7,11H,1H3,(H,14,17)(H,15,16)(H,18,19). The first-order chi connectivity index (χ1) is 9.08. The summed E-state index contributed by atoms with van der Waals surface area (Å²) in [7, 11) is 0. The molecule has 2 aromatic rings. The number of nitrogens with zero attached hydrogens (tertiary/aromatic N) is 1. The van der Waals surface area contributed by atoms with E-state index < -0.39 is 17.9 Å². The molecule has 6 heteroatoms. The Morgan fingerprint density at radius 3 is 2.53 bits per heavy atom. The van der Waals surface area contributed by atoms with Crippen molar-refractivity contribution in [1.29, 1.82) is 0 Å². The van der Waals surface area contributed by atoms with Crippen LogP contribution in [0.2, 0.25) is 0 Å². The van der Waals surface area contributed by atoms with E-state index in [1.807, 2.05) is 0 Å². The van der Waals surface area contributed by atoms with Crippen LogP contribution in [0.1, 0.15) is 27.8 Å². The Kier molecular flexibility index (Phi) is 3.61. The number of nitrogens with one attached hydrogen (secondary N) is 2. The van der Waals surface area contributed by atoms with Crippen LogP contribution in [0.4, 0.5) is 0 Å². The van der Waals surface area contributed by atoms with Crippen LogP contribution in [-0.2, 0) is 4.79 Å². The van der Waals surface area contributed by atoms with Gasteiger partial charge in [0.05, 0.1) is 0 Å². The van der Waals surface area contributed by atoms with Gasteiger partial charge in [-0.3, -0.25) is 9.89 Å². The molecule has 19 heavy (non-hydrogen) atoms. The number of amides is 1. The maximum absolute atomic E-state index is 11.9. The molecule has 1 amide bonds. The number of hydrogen-bond acceptors (Lipinski definition) is 3. The Morgan fingerprint density at radius 2 is 2.00 bits per heavy atom. The molecule has 0 bridgehead atoms. The molecule has 1 unspecified atom stereocenters. The lowest BCUT2D eigenvalue weighted by molar-refractivity contribution is -0.139. The van der Waals surface area contributed by atoms with Crippen LogP contribution < -0.4 is 5.32 Å². The van der Waals surface area contributed by atoms with E-state index in [-0.39, 0.29) is 5.69 Å². The molecule has 2 rings (SSSR count). The van der Waals surface area contributed by atoms with Gasteiger partial charge in [0.1, 0.15) is 5.69 Å². The first kappa shape index (κ1) is 12.8. The highest BCUT2D eigenvalue weighted by molar-refractivity contribution is 5.95. The number of carboxylic acids is 1. The van der Waals surface area contributed by atoms with E-state index in [1.165, 1.54) is 0 Å². The van der Waals surface area contributed by atoms with Gasteiger partial charge in [-0.15, -0.1) is 0 Å². The fourth-order valence-electron chi connectivity index (χ4n) is 1.67. The van der Waals surface area contributed by atoms with Gasteiger partial charge in [0.15, 0.2) is 6.04 Å². The predicted molar refractivity (Wildman–Crippen MR) is 67.6 cm³/mol. The summed E-state index contributed by atoms with van der Waals surface area (Å²) in [6.07, 6.45) is 0. The van der Waals surface area contributed by atoms with Gasteiger partial charge in [-0.1, -0.05) is 30.3 Å². The number of aromatic amines is 1. The molecule has 0 fully saturated rings. The third-order valence-corrected chi connectivity index (χ3v) is 2.59. The van der Waals surface area contributed by atoms with Crippen molar-refractivity contribution in [1.82, 2.24) is 15.5 Å². The van der Waals surface area contributed by atoms with E-state index >= 15 is 0 Å². The molecule has 98 valence electrons. The minimum Gasteiger partial charge on any atom is -0.479 e. The number of carboxylic acid groups (broad SMARTS) is 1. The maximum atomic E-state index is 11.9. The number of hydrogen-bond donors (Lipinski definition) is 3. The molecule has 0 saturated carbocycles. The molecule has 0 aliphatic heterocycles. The topological polar surface area (TPSA) is 95.1 Å². The molecule has 3 N–H and O–H groups in total. The zero-order valence-corrected chi connectivity index (χ0v) is 10.3. The summed E-state index contributed by atoms with van der Waals surface area (Å²) in [5, 5.41) is 18.1. The number of aromatic nitrogens is 2. The summed E-state index contributed by atoms with van der Waals surface area (Å²) in [4.78, 5) is 23.1. The van der Waals surface area contributed by atoms with Crippen LogP contribution >= 0.6 is 0 Å². The molecule has 1 aromatic carbocycles. The summed E-state index contributed by atoms with van der Waals surface area (Å²) < 4.78 is 0. The SMILES string of the molecule is Cc1cc(C(=O)NC(C(=O)O)c2ccccc2)n[nH]1. The second-order valence-corrected chi connectivity index (χ2v) is 4.09. The molecule has 0 aliphatic rings. The van der Waals surface area contributed by atoms with E-state index in [2.05, 4.69) is 15.5 Å². The third-order valence-electron chi connectivity index (χ3n) is 2.59. The van der Waals surface area contributed by atoms with E-state index in [0.717, 1.165) is 5.69 Å². The smallest absolute Gasteiger partial charge is 0.330 e. The van der Waals surface area contributed by atoms with Crippen molar-refractivity contribution in [2.45, 2.75) is 13.0 Å². The van der Waals surface area contributed by atoms with Gasteiger partial charge < -0.3 is 10.4 Å². The number of benzene rings is 1. The van der Waals surface area contributed by atoms with Crippen molar-refractivity contribution < 1.29 is 14.7 Å². The van der Waals surface area contributed by atoms with Crippen LogP contribution in [-0.4, -0.2) is 27.2 Å². The first-order valence-corrected chi connectivity index (χ1v) is 5.68. The second kappa shape index (κ2) is 5.34. The lowest BCUT2D eigenvalue weighted by atomic mass is 10.1. The molecule has 1 heterocycles. The summed E-state index contributed by atoms with van der Waals surface area (Å²) >= 11 is 0. The van der Waals surface area contributed by atoms with Gasteiger partial charge in [-0.05, 0) is 18.6 Å². The molecule has 0 radical (unpaired) electrons. The largest absolute Gasteiger partial charge is 0.479 e. The van der Waals surface area contributed by atoms with Crippen molar-refractivity contribution >= 4 is 11.9 Å². The Hall–Kier alpha value is -2.63. The summed E-state index contributed by atoms with van der Waals surface area (Å²) in [6, 6.07) is 8.97. The fraction of sp³-hybridized carbons (Fsp3) is 0.154. The van der Waals surface area contributed by atoms with E-state index in [9.17, 15) is 14.7 Å². The summed E-state index contributed by atoms with van der Waals surface area (Å²) in [6.45, 7) is 1.76. The minimum absolute atomic E-state index is 0.166. The Morgan fingerprint density at radius 1 is 1.32 bits per heavy atom. The van der Waals surface area contributed by atoms with Crippen LogP contribution in [0.3, 0.4) is 0 Å². The quantitative estimate of drug-likeness (QED) is 0.770. The lowest BCUT2D eigenvalue weighted by Gasteiger charge is -2.13. The van der Waals surface area contributed by atoms with Gasteiger partial charge >= 0.3 is 5.97 Å². The lowest BCUT2D eigenvalue weighted by Crippen LogP contribution is -2.33. The molecular formula is C13H13N3O3. The van der Waals surface area contributed by atoms with Crippen LogP contribution in [0, 0.1) is 6.92 Å². The molecule has 0 saturated heterocycles. The predicted octanol–water partition coefficient (Wildman–Crippen LogP) is 1.27. The second-order valence-electron chi connectivity index (χ2n) is 4.09. The zero-order chi connectivity index (χ0) is 13.8. The first-order valence-electron chi connectivity index (χ1n) is 5.68. The monoisotopic (exact) mass is 259 g/mol. The highest BCUT2D eigenvalue weighted by Crippen LogP contribution is 2.13. The van der Waals surface area contributed by atoms with E-state index in [4.69, 9.17) is 0 Å². The number of rotatable bonds is 4. The highest BCUT2D eigenvalue weighted by Gasteiger charge is 2.23. The number of H-pyrrole nitrogens is 1. The molecular weight excluding hydrogens is 246 g/mol. The molecule has 6 nitrogen and oxygen atoms in total. The van der Waals surface area contributed by atoms with Crippen molar-refractivity contribution in [3.63, 3.8) is 0 Å². The Bertz CT molecular complexity index is 592. The fourth-order valence-corrected chi connectivity index (χ4v) is 1.67. The van der Waals surface area contributed by atoms with Crippen LogP contribution in [0.25, 0.3) is 0 Å². The third kappa shape index (κ3) is 2.98. The van der Waals surface area contributed by atoms with Crippen molar-refractivity contribution in [2.24, 2.45) is 0 Å². The van der Waals surface area contributed by atoms with Crippen molar-refractivity contribution in [3.05, 3.63) is 53.3 Å². The number of aliphatic carboxylic acids is 1. The zero-order valence-electron chi connectivity index (χ0n) is 10.3. The van der Waals surface area contributed by atoms with Gasteiger partial charge in [0.25, 0.3) is 5.91 Å². The number of carbonyl (C=O) groups excluding carboxylic acids is 1. The van der Waals surface area contributed by atoms with Gasteiger partial charge in [0.2, 0.25) is 0 Å². The van der Waals surface area contributed by atoms with Crippen LogP contribution in [0.5, 0.6) is 0 Å². The van der Waals surface area contributed by atoms with Crippen molar-refractivity contribution in [3.8, 4) is 0 Å². The van der Waals surface area contributed by atoms with Gasteiger partial charge in [-0.2, -0.15) is 5.10 Å². The Balaban J connectivity index is 2.18. The molecule has 0 spiro atoms. The highest BCUT2D eigenvalue weighted by atomic mass is 16.4. The molecule has 1 atom stereocenters. The maximum Gasteiger partial charge on any atom is 0.330 e. The average Bonchev–Trinajstić information content (AvgIpc) is 2.83. The average molecular weight is 259 g/mol. The van der Waals surface area contributed by atoms with Gasteiger partial charge in [0, 0.05) is 5.69 Å². The molecule has 0 aliphatic carbocycles. The normalized spacial score (nSPS) is 11.8. The van der Waals surface area contributed by atoms with Crippen LogP contribution in [0.15, 0.2) is 36.4 Å². The minimum atomic E-state index is -1.12. The van der Waals surface area contributed by atoms with Crippen molar-refractivity contribution in [2.75, 3.05) is 0 Å². The van der Waals surface area contributed by atoms with Gasteiger partial charge in [-0.25, -0.2) is 4.79 Å². The number of carbonyl (C=O) groups is 2. The van der Waals surface area contributed by atoms with E-state index in [1.54, 1.807) is 43.3 Å². The Labute approximate surface area is 109 Å². The van der Waals surface area contributed by atoms with E-state index in [0.29, 0.717) is 5.56 Å². The number of aryl methyl sites for hydroxylation is 1.